The van der Waals surface area contributed by atoms with Gasteiger partial charge in [0.25, 0.3) is 0 Å². The van der Waals surface area contributed by atoms with Crippen LogP contribution in [0.5, 0.6) is 0 Å². The standard InChI is InChI=1S/C38H69NO10/c1-3-5-7-9-11-13-15-16-18-20-22-24-26-31(42)37(47)39-29(28-48-38-36(46)35(45)34(44)32(27-40)49-38)33(43)30(41)25-23-21-19-17-14-12-10-8-6-4-2/h16-19,22,24,29-36,38,40-46H,3-15,20-21,23,25-28H2,1-2H3,(H,39,47)/b18-16-,19-17+,24-22-. The molecule has 11 heteroatoms. The van der Waals surface area contributed by atoms with Crippen LogP contribution >= 0.6 is 0 Å². The van der Waals surface area contributed by atoms with Gasteiger partial charge in [-0.3, -0.25) is 4.79 Å². The van der Waals surface area contributed by atoms with Gasteiger partial charge in [0.1, 0.15) is 36.6 Å². The molecule has 0 saturated carbocycles. The van der Waals surface area contributed by atoms with Crippen molar-refractivity contribution >= 4 is 5.91 Å². The predicted octanol–water partition coefficient (Wildman–Crippen LogP) is 4.10. The monoisotopic (exact) mass is 699 g/mol. The lowest BCUT2D eigenvalue weighted by Gasteiger charge is -2.40. The van der Waals surface area contributed by atoms with Crippen molar-refractivity contribution in [3.05, 3.63) is 36.5 Å². The van der Waals surface area contributed by atoms with Crippen molar-refractivity contribution in [3.63, 3.8) is 0 Å². The quantitative estimate of drug-likeness (QED) is 0.0417. The molecule has 9 atom stereocenters. The summed E-state index contributed by atoms with van der Waals surface area (Å²) in [5, 5.41) is 74.9. The maximum Gasteiger partial charge on any atom is 0.249 e. The Morgan fingerprint density at radius 1 is 0.735 bits per heavy atom. The largest absolute Gasteiger partial charge is 0.394 e. The Morgan fingerprint density at radius 3 is 1.90 bits per heavy atom. The minimum Gasteiger partial charge on any atom is -0.394 e. The molecule has 1 saturated heterocycles. The van der Waals surface area contributed by atoms with Gasteiger partial charge in [0.15, 0.2) is 6.29 Å². The molecule has 0 aromatic heterocycles. The van der Waals surface area contributed by atoms with E-state index in [4.69, 9.17) is 9.47 Å². The number of hydrogen-bond acceptors (Lipinski definition) is 10. The van der Waals surface area contributed by atoms with Gasteiger partial charge in [-0.15, -0.1) is 0 Å². The van der Waals surface area contributed by atoms with Crippen LogP contribution in [0.3, 0.4) is 0 Å². The number of aliphatic hydroxyl groups is 7. The normalized spacial score (nSPS) is 24.1. The molecule has 1 aliphatic rings. The molecule has 1 rings (SSSR count). The minimum atomic E-state index is -1.68. The van der Waals surface area contributed by atoms with Crippen molar-refractivity contribution in [2.45, 2.75) is 184 Å². The van der Waals surface area contributed by atoms with E-state index in [2.05, 4.69) is 43.5 Å². The molecule has 49 heavy (non-hydrogen) atoms. The average Bonchev–Trinajstić information content (AvgIpc) is 3.10. The summed E-state index contributed by atoms with van der Waals surface area (Å²) in [6.45, 7) is 3.29. The average molecular weight is 700 g/mol. The van der Waals surface area contributed by atoms with Crippen molar-refractivity contribution in [1.29, 1.82) is 0 Å². The van der Waals surface area contributed by atoms with Crippen LogP contribution in [-0.4, -0.2) is 110 Å². The van der Waals surface area contributed by atoms with E-state index in [0.717, 1.165) is 25.7 Å². The van der Waals surface area contributed by atoms with Gasteiger partial charge in [-0.2, -0.15) is 0 Å². The Morgan fingerprint density at radius 2 is 1.29 bits per heavy atom. The summed E-state index contributed by atoms with van der Waals surface area (Å²) in [7, 11) is 0. The number of amides is 1. The smallest absolute Gasteiger partial charge is 0.249 e. The first-order valence-electron chi connectivity index (χ1n) is 18.9. The number of carbonyl (C=O) groups is 1. The first-order chi connectivity index (χ1) is 23.7. The molecule has 0 aromatic rings. The van der Waals surface area contributed by atoms with Gasteiger partial charge in [-0.1, -0.05) is 108 Å². The van der Waals surface area contributed by atoms with E-state index in [1.165, 1.54) is 64.2 Å². The highest BCUT2D eigenvalue weighted by molar-refractivity contribution is 5.81. The zero-order chi connectivity index (χ0) is 36.3. The molecule has 0 radical (unpaired) electrons. The van der Waals surface area contributed by atoms with Crippen LogP contribution in [0.4, 0.5) is 0 Å². The number of allylic oxidation sites excluding steroid dienone is 5. The lowest BCUT2D eigenvalue weighted by Crippen LogP contribution is -2.60. The highest BCUT2D eigenvalue weighted by Crippen LogP contribution is 2.23. The third-order valence-electron chi connectivity index (χ3n) is 8.93. The summed E-state index contributed by atoms with van der Waals surface area (Å²) in [5.74, 6) is -0.779. The zero-order valence-electron chi connectivity index (χ0n) is 30.2. The SMILES string of the molecule is CCCCCCC/C=C/CCCC(O)C(O)C(COC1OC(CO)C(O)C(O)C1O)NC(=O)C(O)C/C=C\C/C=C\CCCCCCCC. The maximum absolute atomic E-state index is 12.9. The van der Waals surface area contributed by atoms with Gasteiger partial charge >= 0.3 is 0 Å². The van der Waals surface area contributed by atoms with Crippen LogP contribution in [0, 0.1) is 0 Å². The van der Waals surface area contributed by atoms with E-state index in [1.807, 2.05) is 6.08 Å². The zero-order valence-corrected chi connectivity index (χ0v) is 30.2. The van der Waals surface area contributed by atoms with Gasteiger partial charge in [0, 0.05) is 6.42 Å². The van der Waals surface area contributed by atoms with E-state index in [0.29, 0.717) is 12.8 Å². The number of nitrogens with one attached hydrogen (secondary N) is 1. The third kappa shape index (κ3) is 20.1. The summed E-state index contributed by atoms with van der Waals surface area (Å²) < 4.78 is 11.0. The Balaban J connectivity index is 2.67. The molecule has 1 amide bonds. The highest BCUT2D eigenvalue weighted by Gasteiger charge is 2.44. The molecule has 1 fully saturated rings. The Kier molecular flexibility index (Phi) is 26.8. The van der Waals surface area contributed by atoms with Crippen LogP contribution in [0.1, 0.15) is 129 Å². The van der Waals surface area contributed by atoms with Crippen LogP contribution in [0.15, 0.2) is 36.5 Å². The molecule has 9 unspecified atom stereocenters. The third-order valence-corrected chi connectivity index (χ3v) is 8.93. The molecule has 11 nitrogen and oxygen atoms in total. The summed E-state index contributed by atoms with van der Waals surface area (Å²) >= 11 is 0. The molecule has 0 spiro atoms. The lowest BCUT2D eigenvalue weighted by atomic mass is 9.99. The molecule has 8 N–H and O–H groups in total. The highest BCUT2D eigenvalue weighted by atomic mass is 16.7. The molecule has 286 valence electrons. The number of ether oxygens (including phenoxy) is 2. The van der Waals surface area contributed by atoms with Crippen LogP contribution < -0.4 is 5.32 Å². The summed E-state index contributed by atoms with van der Waals surface area (Å²) in [4.78, 5) is 12.9. The lowest BCUT2D eigenvalue weighted by molar-refractivity contribution is -0.303. The minimum absolute atomic E-state index is 0.0426. The van der Waals surface area contributed by atoms with Gasteiger partial charge in [-0.05, 0) is 51.4 Å². The molecule has 0 bridgehead atoms. The second kappa shape index (κ2) is 29.0. The number of unbranched alkanes of at least 4 members (excludes halogenated alkanes) is 12. The van der Waals surface area contributed by atoms with Gasteiger partial charge in [0.05, 0.1) is 25.4 Å². The summed E-state index contributed by atoms with van der Waals surface area (Å²) in [6.07, 6.45) is 18.1. The predicted molar refractivity (Wildman–Crippen MR) is 192 cm³/mol. The van der Waals surface area contributed by atoms with Crippen molar-refractivity contribution in [2.24, 2.45) is 0 Å². The fourth-order valence-electron chi connectivity index (χ4n) is 5.66. The fourth-order valence-corrected chi connectivity index (χ4v) is 5.66. The number of rotatable bonds is 29. The fraction of sp³-hybridized carbons (Fsp3) is 0.816. The summed E-state index contributed by atoms with van der Waals surface area (Å²) in [5.41, 5.74) is 0. The first kappa shape index (κ1) is 45.4. The van der Waals surface area contributed by atoms with E-state index >= 15 is 0 Å². The number of carbonyl (C=O) groups excluding carboxylic acids is 1. The van der Waals surface area contributed by atoms with E-state index < -0.39 is 74.2 Å². The van der Waals surface area contributed by atoms with Gasteiger partial charge in [0.2, 0.25) is 5.91 Å². The molecule has 1 aliphatic heterocycles. The van der Waals surface area contributed by atoms with Crippen LogP contribution in [0.25, 0.3) is 0 Å². The molecule has 0 aliphatic carbocycles. The number of hydrogen-bond donors (Lipinski definition) is 8. The molecule has 1 heterocycles. The van der Waals surface area contributed by atoms with E-state index in [9.17, 15) is 40.5 Å². The van der Waals surface area contributed by atoms with Crippen molar-refractivity contribution in [2.75, 3.05) is 13.2 Å². The second-order valence-electron chi connectivity index (χ2n) is 13.3. The van der Waals surface area contributed by atoms with Crippen molar-refractivity contribution < 1.29 is 50.0 Å². The van der Waals surface area contributed by atoms with E-state index in [1.54, 1.807) is 6.08 Å². The first-order valence-corrected chi connectivity index (χ1v) is 18.9. The van der Waals surface area contributed by atoms with Gasteiger partial charge < -0.3 is 50.5 Å². The van der Waals surface area contributed by atoms with Crippen molar-refractivity contribution in [1.82, 2.24) is 5.32 Å². The summed E-state index contributed by atoms with van der Waals surface area (Å²) in [6, 6.07) is -1.21. The van der Waals surface area contributed by atoms with Crippen molar-refractivity contribution in [3.8, 4) is 0 Å². The Bertz CT molecular complexity index is 898. The van der Waals surface area contributed by atoms with Gasteiger partial charge in [-0.25, -0.2) is 0 Å². The number of aliphatic hydroxyl groups excluding tert-OH is 7. The van der Waals surface area contributed by atoms with E-state index in [-0.39, 0.29) is 12.8 Å². The molecule has 0 aromatic carbocycles. The maximum atomic E-state index is 12.9. The Labute approximate surface area is 295 Å². The topological polar surface area (TPSA) is 189 Å². The molecular formula is C38H69NO10. The second-order valence-corrected chi connectivity index (χ2v) is 13.3. The Hall–Kier alpha value is -1.67. The molecular weight excluding hydrogens is 630 g/mol. The van der Waals surface area contributed by atoms with Crippen LogP contribution in [0.2, 0.25) is 0 Å². The van der Waals surface area contributed by atoms with Crippen LogP contribution in [-0.2, 0) is 14.3 Å².